The lowest BCUT2D eigenvalue weighted by molar-refractivity contribution is -0.166. The number of carbonyl (C=O) groups is 3. The highest BCUT2D eigenvalue weighted by molar-refractivity contribution is 6.03. The average molecular weight is 379 g/mol. The van der Waals surface area contributed by atoms with E-state index < -0.39 is 29.3 Å². The third-order valence-electron chi connectivity index (χ3n) is 4.97. The molecule has 0 saturated carbocycles. The Kier molecular flexibility index (Phi) is 4.53. The van der Waals surface area contributed by atoms with Gasteiger partial charge >= 0.3 is 12.1 Å². The number of esters is 1. The maximum absolute atomic E-state index is 12.9. The molecule has 2 N–H and O–H groups in total. The molecule has 3 aliphatic heterocycles. The number of piperidine rings is 1. The van der Waals surface area contributed by atoms with Gasteiger partial charge in [0, 0.05) is 19.0 Å². The van der Waals surface area contributed by atoms with Crippen molar-refractivity contribution >= 4 is 18.0 Å². The van der Waals surface area contributed by atoms with Crippen molar-refractivity contribution in [3.63, 3.8) is 0 Å². The molecule has 2 amide bonds. The normalized spacial score (nSPS) is 27.4. The number of hydrogen-bond acceptors (Lipinski definition) is 6. The molecule has 0 radical (unpaired) electrons. The van der Waals surface area contributed by atoms with Crippen LogP contribution in [0.2, 0.25) is 0 Å². The van der Waals surface area contributed by atoms with E-state index in [0.717, 1.165) is 5.57 Å². The molecule has 3 heterocycles. The van der Waals surface area contributed by atoms with Crippen LogP contribution in [0.4, 0.5) is 4.79 Å². The van der Waals surface area contributed by atoms with Gasteiger partial charge in [-0.2, -0.15) is 0 Å². The van der Waals surface area contributed by atoms with Gasteiger partial charge in [-0.05, 0) is 53.5 Å². The molecule has 2 fully saturated rings. The summed E-state index contributed by atoms with van der Waals surface area (Å²) in [6, 6.07) is -0.875. The first-order valence-corrected chi connectivity index (χ1v) is 9.35. The van der Waals surface area contributed by atoms with Crippen LogP contribution >= 0.6 is 0 Å². The fraction of sp³-hybridized carbons (Fsp3) is 0.737. The van der Waals surface area contributed by atoms with Gasteiger partial charge in [-0.3, -0.25) is 14.6 Å². The summed E-state index contributed by atoms with van der Waals surface area (Å²) in [5.41, 5.74) is 5.62. The third-order valence-corrected chi connectivity index (χ3v) is 4.97. The number of likely N-dealkylation sites (tertiary alicyclic amines) is 1. The van der Waals surface area contributed by atoms with E-state index in [9.17, 15) is 14.4 Å². The number of β-lactam (4-membered cyclic amide) rings is 1. The van der Waals surface area contributed by atoms with Crippen LogP contribution in [0.25, 0.3) is 0 Å². The second kappa shape index (κ2) is 6.22. The standard InChI is InChI=1S/C19H29N3O5/c1-18(2,3)26-16(24)13-11(9-20)10-7-8-21(17(25)27-19(4,5)6)14-12(10)22(13)15(14)23/h10,12,14H,7-9,20H2,1-6H3/t10?,12-,14+/m1/s1. The van der Waals surface area contributed by atoms with Gasteiger partial charge in [-0.15, -0.1) is 0 Å². The van der Waals surface area contributed by atoms with Crippen molar-refractivity contribution < 1.29 is 23.9 Å². The molecule has 0 spiro atoms. The number of carbonyl (C=O) groups excluding carboxylic acids is 3. The van der Waals surface area contributed by atoms with Gasteiger partial charge in [0.25, 0.3) is 5.91 Å². The summed E-state index contributed by atoms with van der Waals surface area (Å²) in [4.78, 5) is 41.1. The fourth-order valence-corrected chi connectivity index (χ4v) is 4.10. The number of amides is 2. The molecule has 3 aliphatic rings. The highest BCUT2D eigenvalue weighted by atomic mass is 16.6. The van der Waals surface area contributed by atoms with Crippen molar-refractivity contribution in [1.29, 1.82) is 0 Å². The van der Waals surface area contributed by atoms with Gasteiger partial charge in [0.2, 0.25) is 0 Å². The predicted molar refractivity (Wildman–Crippen MR) is 97.4 cm³/mol. The summed E-state index contributed by atoms with van der Waals surface area (Å²) in [6.45, 7) is 11.3. The molecular weight excluding hydrogens is 350 g/mol. The van der Waals surface area contributed by atoms with Crippen LogP contribution in [0.15, 0.2) is 11.3 Å². The van der Waals surface area contributed by atoms with Crippen LogP contribution in [0.3, 0.4) is 0 Å². The predicted octanol–water partition coefficient (Wildman–Crippen LogP) is 1.39. The van der Waals surface area contributed by atoms with Gasteiger partial charge in [0.1, 0.15) is 22.9 Å². The van der Waals surface area contributed by atoms with Crippen molar-refractivity contribution in [2.75, 3.05) is 13.1 Å². The van der Waals surface area contributed by atoms with E-state index in [1.165, 1.54) is 9.80 Å². The number of rotatable bonds is 2. The summed E-state index contributed by atoms with van der Waals surface area (Å²) in [6.07, 6.45) is 0.127. The summed E-state index contributed by atoms with van der Waals surface area (Å²) in [7, 11) is 0. The number of ether oxygens (including phenoxy) is 2. The van der Waals surface area contributed by atoms with Crippen LogP contribution in [0.1, 0.15) is 48.0 Å². The lowest BCUT2D eigenvalue weighted by Gasteiger charge is -2.53. The molecule has 0 aromatic carbocycles. The van der Waals surface area contributed by atoms with Crippen LogP contribution in [0.5, 0.6) is 0 Å². The summed E-state index contributed by atoms with van der Waals surface area (Å²) >= 11 is 0. The highest BCUT2D eigenvalue weighted by Gasteiger charge is 2.64. The third kappa shape index (κ3) is 3.31. The Morgan fingerprint density at radius 1 is 1.11 bits per heavy atom. The number of hydrogen-bond donors (Lipinski definition) is 1. The van der Waals surface area contributed by atoms with Crippen LogP contribution in [-0.4, -0.2) is 64.1 Å². The molecule has 0 bridgehead atoms. The number of nitrogens with two attached hydrogens (primary N) is 1. The van der Waals surface area contributed by atoms with E-state index in [1.807, 2.05) is 0 Å². The lowest BCUT2D eigenvalue weighted by atomic mass is 9.78. The molecule has 150 valence electrons. The van der Waals surface area contributed by atoms with E-state index in [2.05, 4.69) is 0 Å². The van der Waals surface area contributed by atoms with E-state index in [-0.39, 0.29) is 30.1 Å². The Morgan fingerprint density at radius 2 is 1.70 bits per heavy atom. The second-order valence-corrected chi connectivity index (χ2v) is 9.29. The minimum absolute atomic E-state index is 0.0288. The molecule has 0 aromatic heterocycles. The van der Waals surface area contributed by atoms with Crippen molar-refractivity contribution in [3.05, 3.63) is 11.3 Å². The maximum Gasteiger partial charge on any atom is 0.411 e. The van der Waals surface area contributed by atoms with Gasteiger partial charge in [-0.25, -0.2) is 9.59 Å². The zero-order valence-corrected chi connectivity index (χ0v) is 16.9. The van der Waals surface area contributed by atoms with E-state index >= 15 is 0 Å². The van der Waals surface area contributed by atoms with Crippen LogP contribution in [0, 0.1) is 5.92 Å². The van der Waals surface area contributed by atoms with Crippen molar-refractivity contribution in [2.24, 2.45) is 11.7 Å². The Bertz CT molecular complexity index is 716. The molecule has 0 aromatic rings. The minimum Gasteiger partial charge on any atom is -0.455 e. The first-order chi connectivity index (χ1) is 12.4. The molecule has 8 nitrogen and oxygen atoms in total. The Hall–Kier alpha value is -2.09. The Labute approximate surface area is 159 Å². The monoisotopic (exact) mass is 379 g/mol. The SMILES string of the molecule is CC(C)(C)OC(=O)C1=C(CN)C2CCN(C(=O)OC(C)(C)C)[C@@H]3C(=O)N1[C@H]23. The fourth-order valence-electron chi connectivity index (χ4n) is 4.10. The Balaban J connectivity index is 1.86. The summed E-state index contributed by atoms with van der Waals surface area (Å²) in [5.74, 6) is -0.841. The first-order valence-electron chi connectivity index (χ1n) is 9.35. The molecule has 0 aliphatic carbocycles. The zero-order valence-electron chi connectivity index (χ0n) is 16.9. The molecule has 1 unspecified atom stereocenters. The van der Waals surface area contributed by atoms with Gasteiger partial charge in [0.15, 0.2) is 0 Å². The van der Waals surface area contributed by atoms with Gasteiger partial charge in [-0.1, -0.05) is 0 Å². The average Bonchev–Trinajstić information content (AvgIpc) is 2.82. The van der Waals surface area contributed by atoms with E-state index in [1.54, 1.807) is 41.5 Å². The topological polar surface area (TPSA) is 102 Å². The van der Waals surface area contributed by atoms with Gasteiger partial charge < -0.3 is 15.2 Å². The van der Waals surface area contributed by atoms with Crippen molar-refractivity contribution in [2.45, 2.75) is 71.2 Å². The van der Waals surface area contributed by atoms with Gasteiger partial charge in [0.05, 0.1) is 6.04 Å². The minimum atomic E-state index is -0.673. The second-order valence-electron chi connectivity index (χ2n) is 9.29. The molecular formula is C19H29N3O5. The Morgan fingerprint density at radius 3 is 2.22 bits per heavy atom. The van der Waals surface area contributed by atoms with E-state index in [4.69, 9.17) is 15.2 Å². The van der Waals surface area contributed by atoms with Crippen LogP contribution < -0.4 is 5.73 Å². The molecule has 3 rings (SSSR count). The zero-order chi connectivity index (χ0) is 20.3. The quantitative estimate of drug-likeness (QED) is 0.575. The molecule has 27 heavy (non-hydrogen) atoms. The van der Waals surface area contributed by atoms with Crippen molar-refractivity contribution in [1.82, 2.24) is 9.80 Å². The van der Waals surface area contributed by atoms with Crippen molar-refractivity contribution in [3.8, 4) is 0 Å². The number of nitrogens with zero attached hydrogens (tertiary/aromatic N) is 2. The summed E-state index contributed by atoms with van der Waals surface area (Å²) in [5, 5.41) is 0. The molecule has 3 atom stereocenters. The summed E-state index contributed by atoms with van der Waals surface area (Å²) < 4.78 is 10.9. The lowest BCUT2D eigenvalue weighted by Crippen LogP contribution is -2.73. The molecule has 8 heteroatoms. The smallest absolute Gasteiger partial charge is 0.411 e. The van der Waals surface area contributed by atoms with Crippen LogP contribution in [-0.2, 0) is 19.1 Å². The first kappa shape index (κ1) is 19.7. The molecule has 2 saturated heterocycles. The largest absolute Gasteiger partial charge is 0.455 e. The maximum atomic E-state index is 12.9. The highest BCUT2D eigenvalue weighted by Crippen LogP contribution is 2.49. The van der Waals surface area contributed by atoms with E-state index in [0.29, 0.717) is 13.0 Å².